The van der Waals surface area contributed by atoms with Crippen LogP contribution in [0.3, 0.4) is 0 Å². The molecule has 6 nitrogen and oxygen atoms in total. The van der Waals surface area contributed by atoms with Crippen LogP contribution in [0.15, 0.2) is 42.5 Å². The Balaban J connectivity index is 2.01. The Bertz CT molecular complexity index is 1030. The molecular formula is C23H25NO5. The van der Waals surface area contributed by atoms with Crippen LogP contribution < -0.4 is 4.74 Å². The van der Waals surface area contributed by atoms with E-state index >= 15 is 0 Å². The number of carbonyl (C=O) groups excluding carboxylic acids is 1. The minimum Gasteiger partial charge on any atom is -0.497 e. The van der Waals surface area contributed by atoms with Crippen molar-refractivity contribution in [3.63, 3.8) is 0 Å². The Morgan fingerprint density at radius 1 is 1.10 bits per heavy atom. The van der Waals surface area contributed by atoms with Crippen LogP contribution >= 0.6 is 0 Å². The lowest BCUT2D eigenvalue weighted by atomic mass is 10.1. The zero-order valence-electron chi connectivity index (χ0n) is 16.9. The van der Waals surface area contributed by atoms with Crippen LogP contribution in [-0.4, -0.2) is 35.3 Å². The first-order chi connectivity index (χ1) is 14.0. The maximum Gasteiger partial charge on any atom is 0.307 e. The molecule has 0 bridgehead atoms. The highest BCUT2D eigenvalue weighted by Gasteiger charge is 2.21. The molecule has 1 aromatic heterocycles. The Morgan fingerprint density at radius 2 is 1.83 bits per heavy atom. The van der Waals surface area contributed by atoms with Crippen molar-refractivity contribution in [2.45, 2.75) is 33.3 Å². The van der Waals surface area contributed by atoms with E-state index in [1.807, 2.05) is 12.1 Å². The number of nitrogens with zero attached hydrogens (tertiary/aromatic N) is 1. The molecule has 0 aliphatic heterocycles. The molecule has 0 atom stereocenters. The first-order valence-corrected chi connectivity index (χ1v) is 9.57. The topological polar surface area (TPSA) is 77.8 Å². The number of carboxylic acids is 1. The van der Waals surface area contributed by atoms with E-state index in [4.69, 9.17) is 9.47 Å². The van der Waals surface area contributed by atoms with Gasteiger partial charge in [0.1, 0.15) is 5.75 Å². The van der Waals surface area contributed by atoms with Gasteiger partial charge in [0.25, 0.3) is 5.91 Å². The van der Waals surface area contributed by atoms with Crippen molar-refractivity contribution in [1.82, 2.24) is 4.57 Å². The lowest BCUT2D eigenvalue weighted by Gasteiger charge is -2.09. The summed E-state index contributed by atoms with van der Waals surface area (Å²) in [5.74, 6) is -0.528. The predicted octanol–water partition coefficient (Wildman–Crippen LogP) is 4.20. The van der Waals surface area contributed by atoms with Gasteiger partial charge in [-0.15, -0.1) is 0 Å². The fraction of sp³-hybridized carbons (Fsp3) is 0.304. The summed E-state index contributed by atoms with van der Waals surface area (Å²) >= 11 is 0. The van der Waals surface area contributed by atoms with Gasteiger partial charge < -0.3 is 14.6 Å². The molecule has 3 aromatic rings. The van der Waals surface area contributed by atoms with E-state index in [0.29, 0.717) is 46.7 Å². The normalized spacial score (nSPS) is 11.0. The Kier molecular flexibility index (Phi) is 6.34. The number of benzene rings is 2. The second-order valence-corrected chi connectivity index (χ2v) is 6.91. The Labute approximate surface area is 169 Å². The average Bonchev–Trinajstić information content (AvgIpc) is 2.98. The van der Waals surface area contributed by atoms with Crippen molar-refractivity contribution < 1.29 is 24.2 Å². The van der Waals surface area contributed by atoms with Crippen LogP contribution in [0.5, 0.6) is 5.75 Å². The smallest absolute Gasteiger partial charge is 0.307 e. The van der Waals surface area contributed by atoms with Gasteiger partial charge in [-0.1, -0.05) is 19.1 Å². The summed E-state index contributed by atoms with van der Waals surface area (Å²) in [6, 6.07) is 12.6. The molecule has 1 N–H and O–H groups in total. The molecule has 0 spiro atoms. The van der Waals surface area contributed by atoms with Crippen molar-refractivity contribution in [3.8, 4) is 5.75 Å². The molecule has 29 heavy (non-hydrogen) atoms. The van der Waals surface area contributed by atoms with Gasteiger partial charge >= 0.3 is 5.97 Å². The summed E-state index contributed by atoms with van der Waals surface area (Å²) in [5, 5.41) is 10.0. The number of carboxylic acid groups (broad SMARTS) is 1. The van der Waals surface area contributed by atoms with Crippen LogP contribution in [0.4, 0.5) is 0 Å². The number of ether oxygens (including phenoxy) is 2. The van der Waals surface area contributed by atoms with Gasteiger partial charge in [-0.2, -0.15) is 0 Å². The first-order valence-electron chi connectivity index (χ1n) is 9.57. The van der Waals surface area contributed by atoms with Gasteiger partial charge in [-0.25, -0.2) is 0 Å². The van der Waals surface area contributed by atoms with Crippen molar-refractivity contribution >= 4 is 22.8 Å². The maximum absolute atomic E-state index is 13.3. The standard InChI is InChI=1S/C23H25NO5/c1-4-11-29-14-16-5-7-17(8-6-16)23(27)24-15(2)19(13-22(25)26)20-12-18(28-3)9-10-21(20)24/h5-10,12H,4,11,13-14H2,1-3H3,(H,25,26). The number of fused-ring (bicyclic) bond motifs is 1. The molecule has 0 saturated heterocycles. The predicted molar refractivity (Wildman–Crippen MR) is 111 cm³/mol. The number of aliphatic carboxylic acids is 1. The average molecular weight is 395 g/mol. The van der Waals surface area contributed by atoms with Gasteiger partial charge in [0.05, 0.1) is 25.7 Å². The maximum atomic E-state index is 13.3. The molecule has 0 radical (unpaired) electrons. The third-order valence-corrected chi connectivity index (χ3v) is 4.89. The van der Waals surface area contributed by atoms with Crippen molar-refractivity contribution in [2.75, 3.05) is 13.7 Å². The number of methoxy groups -OCH3 is 1. The fourth-order valence-corrected chi connectivity index (χ4v) is 3.43. The molecule has 0 aliphatic rings. The van der Waals surface area contributed by atoms with Gasteiger partial charge in [-0.3, -0.25) is 14.2 Å². The van der Waals surface area contributed by atoms with Crippen LogP contribution in [0.25, 0.3) is 10.9 Å². The van der Waals surface area contributed by atoms with E-state index in [2.05, 4.69) is 6.92 Å². The molecule has 3 rings (SSSR count). The van der Waals surface area contributed by atoms with Crippen molar-refractivity contribution in [1.29, 1.82) is 0 Å². The highest BCUT2D eigenvalue weighted by atomic mass is 16.5. The quantitative estimate of drug-likeness (QED) is 0.579. The molecule has 0 fully saturated rings. The lowest BCUT2D eigenvalue weighted by molar-refractivity contribution is -0.136. The number of hydrogen-bond donors (Lipinski definition) is 1. The minimum absolute atomic E-state index is 0.163. The Hall–Kier alpha value is -3.12. The third-order valence-electron chi connectivity index (χ3n) is 4.89. The van der Waals surface area contributed by atoms with Gasteiger partial charge in [0.15, 0.2) is 0 Å². The van der Waals surface area contributed by atoms with Gasteiger partial charge in [0, 0.05) is 23.3 Å². The number of carbonyl (C=O) groups is 2. The monoisotopic (exact) mass is 395 g/mol. The molecule has 0 amide bonds. The highest BCUT2D eigenvalue weighted by molar-refractivity contribution is 6.04. The molecule has 152 valence electrons. The summed E-state index contributed by atoms with van der Waals surface area (Å²) in [4.78, 5) is 24.6. The number of hydrogen-bond acceptors (Lipinski definition) is 4. The molecule has 1 heterocycles. The molecule has 0 saturated carbocycles. The van der Waals surface area contributed by atoms with E-state index in [1.54, 1.807) is 48.9 Å². The fourth-order valence-electron chi connectivity index (χ4n) is 3.43. The van der Waals surface area contributed by atoms with E-state index < -0.39 is 5.97 Å². The van der Waals surface area contributed by atoms with Crippen LogP contribution in [0.2, 0.25) is 0 Å². The second kappa shape index (κ2) is 8.92. The zero-order valence-corrected chi connectivity index (χ0v) is 16.9. The summed E-state index contributed by atoms with van der Waals surface area (Å²) in [6.45, 7) is 5.04. The van der Waals surface area contributed by atoms with Crippen molar-refractivity contribution in [2.24, 2.45) is 0 Å². The minimum atomic E-state index is -0.946. The number of aromatic nitrogens is 1. The van der Waals surface area contributed by atoms with Gasteiger partial charge in [-0.05, 0) is 54.8 Å². The Morgan fingerprint density at radius 3 is 2.45 bits per heavy atom. The highest BCUT2D eigenvalue weighted by Crippen LogP contribution is 2.30. The molecule has 0 unspecified atom stereocenters. The van der Waals surface area contributed by atoms with E-state index in [-0.39, 0.29) is 12.3 Å². The second-order valence-electron chi connectivity index (χ2n) is 6.91. The van der Waals surface area contributed by atoms with Crippen LogP contribution in [-0.2, 0) is 22.6 Å². The lowest BCUT2D eigenvalue weighted by Crippen LogP contribution is -2.14. The zero-order chi connectivity index (χ0) is 21.0. The molecule has 2 aromatic carbocycles. The molecular weight excluding hydrogens is 370 g/mol. The number of rotatable bonds is 8. The van der Waals surface area contributed by atoms with Crippen LogP contribution in [0, 0.1) is 6.92 Å². The summed E-state index contributed by atoms with van der Waals surface area (Å²) in [5.41, 5.74) is 3.43. The molecule has 6 heteroatoms. The van der Waals surface area contributed by atoms with Crippen molar-refractivity contribution in [3.05, 3.63) is 64.8 Å². The van der Waals surface area contributed by atoms with E-state index in [0.717, 1.165) is 12.0 Å². The summed E-state index contributed by atoms with van der Waals surface area (Å²) in [7, 11) is 1.55. The summed E-state index contributed by atoms with van der Waals surface area (Å²) in [6.07, 6.45) is 0.795. The first kappa shape index (κ1) is 20.6. The van der Waals surface area contributed by atoms with E-state index in [1.165, 1.54) is 0 Å². The van der Waals surface area contributed by atoms with Gasteiger partial charge in [0.2, 0.25) is 0 Å². The SMILES string of the molecule is CCCOCc1ccc(C(=O)n2c(C)c(CC(=O)O)c3cc(OC)ccc32)cc1. The largest absolute Gasteiger partial charge is 0.497 e. The van der Waals surface area contributed by atoms with Crippen LogP contribution in [0.1, 0.15) is 40.5 Å². The molecule has 0 aliphatic carbocycles. The summed E-state index contributed by atoms with van der Waals surface area (Å²) < 4.78 is 12.4. The van der Waals surface area contributed by atoms with E-state index in [9.17, 15) is 14.7 Å². The third kappa shape index (κ3) is 4.32.